The van der Waals surface area contributed by atoms with Gasteiger partial charge in [-0.15, -0.1) is 0 Å². The van der Waals surface area contributed by atoms with Crippen molar-refractivity contribution in [3.8, 4) is 11.5 Å². The van der Waals surface area contributed by atoms with E-state index < -0.39 is 11.9 Å². The van der Waals surface area contributed by atoms with Crippen LogP contribution in [-0.2, 0) is 14.3 Å². The fourth-order valence-corrected chi connectivity index (χ4v) is 1.35. The molecule has 6 heteroatoms. The topological polar surface area (TPSA) is 73.9 Å². The maximum absolute atomic E-state index is 11.6. The Morgan fingerprint density at radius 1 is 1.21 bits per heavy atom. The number of amides is 1. The molecule has 0 bridgehead atoms. The minimum Gasteiger partial charge on any atom is -0.497 e. The maximum Gasteiger partial charge on any atom is 0.306 e. The number of carbonyl (C=O) groups excluding carboxylic acids is 2. The van der Waals surface area contributed by atoms with E-state index in [9.17, 15) is 9.59 Å². The smallest absolute Gasteiger partial charge is 0.306 e. The highest BCUT2D eigenvalue weighted by Gasteiger charge is 2.10. The van der Waals surface area contributed by atoms with E-state index >= 15 is 0 Å². The summed E-state index contributed by atoms with van der Waals surface area (Å²) < 4.78 is 14.9. The van der Waals surface area contributed by atoms with E-state index in [-0.39, 0.29) is 13.0 Å². The van der Waals surface area contributed by atoms with E-state index in [2.05, 4.69) is 5.32 Å². The summed E-state index contributed by atoms with van der Waals surface area (Å²) in [6.07, 6.45) is 0.232. The van der Waals surface area contributed by atoms with Gasteiger partial charge in [-0.1, -0.05) is 6.92 Å². The summed E-state index contributed by atoms with van der Waals surface area (Å²) in [5, 5.41) is 2.59. The normalized spacial score (nSPS) is 9.63. The molecule has 104 valence electrons. The van der Waals surface area contributed by atoms with Crippen molar-refractivity contribution in [2.24, 2.45) is 0 Å². The van der Waals surface area contributed by atoms with Gasteiger partial charge in [-0.05, 0) is 12.1 Å². The van der Waals surface area contributed by atoms with Gasteiger partial charge in [0.1, 0.15) is 11.5 Å². The number of hydrogen-bond donors (Lipinski definition) is 1. The third kappa shape index (κ3) is 4.50. The molecule has 1 amide bonds. The molecule has 0 unspecified atom stereocenters. The summed E-state index contributed by atoms with van der Waals surface area (Å²) in [7, 11) is 3.02. The van der Waals surface area contributed by atoms with E-state index in [1.807, 2.05) is 0 Å². The summed E-state index contributed by atoms with van der Waals surface area (Å²) in [5.74, 6) is 0.221. The fraction of sp³-hybridized carbons (Fsp3) is 0.385. The molecule has 0 atom stereocenters. The SMILES string of the molecule is CCC(=O)OCC(=O)Nc1cc(OC)ccc1OC. The van der Waals surface area contributed by atoms with E-state index in [0.29, 0.717) is 17.2 Å². The Balaban J connectivity index is 2.69. The Morgan fingerprint density at radius 2 is 1.95 bits per heavy atom. The van der Waals surface area contributed by atoms with Gasteiger partial charge in [0.05, 0.1) is 19.9 Å². The van der Waals surface area contributed by atoms with Crippen molar-refractivity contribution in [2.45, 2.75) is 13.3 Å². The Hall–Kier alpha value is -2.24. The van der Waals surface area contributed by atoms with Crippen molar-refractivity contribution in [2.75, 3.05) is 26.1 Å². The Kier molecular flexibility index (Phi) is 5.66. The highest BCUT2D eigenvalue weighted by atomic mass is 16.5. The lowest BCUT2D eigenvalue weighted by Crippen LogP contribution is -2.20. The third-order valence-corrected chi connectivity index (χ3v) is 2.33. The first kappa shape index (κ1) is 14.8. The monoisotopic (exact) mass is 267 g/mol. The van der Waals surface area contributed by atoms with Crippen LogP contribution in [0.1, 0.15) is 13.3 Å². The molecule has 0 aliphatic heterocycles. The van der Waals surface area contributed by atoms with Gasteiger partial charge in [0.15, 0.2) is 6.61 Å². The second kappa shape index (κ2) is 7.25. The summed E-state index contributed by atoms with van der Waals surface area (Å²) in [4.78, 5) is 22.6. The van der Waals surface area contributed by atoms with Gasteiger partial charge in [0.25, 0.3) is 5.91 Å². The highest BCUT2D eigenvalue weighted by Crippen LogP contribution is 2.28. The molecule has 19 heavy (non-hydrogen) atoms. The molecule has 1 N–H and O–H groups in total. The number of hydrogen-bond acceptors (Lipinski definition) is 5. The van der Waals surface area contributed by atoms with Crippen molar-refractivity contribution in [1.29, 1.82) is 0 Å². The largest absolute Gasteiger partial charge is 0.497 e. The quantitative estimate of drug-likeness (QED) is 0.792. The number of carbonyl (C=O) groups is 2. The first-order valence-corrected chi connectivity index (χ1v) is 5.78. The van der Waals surface area contributed by atoms with Crippen molar-refractivity contribution >= 4 is 17.6 Å². The van der Waals surface area contributed by atoms with Crippen molar-refractivity contribution in [1.82, 2.24) is 0 Å². The second-order valence-corrected chi connectivity index (χ2v) is 3.63. The van der Waals surface area contributed by atoms with Crippen LogP contribution in [0.25, 0.3) is 0 Å². The molecular formula is C13H17NO5. The Bertz CT molecular complexity index is 458. The van der Waals surface area contributed by atoms with Gasteiger partial charge in [0, 0.05) is 12.5 Å². The molecule has 0 aromatic heterocycles. The summed E-state index contributed by atoms with van der Waals surface area (Å²) in [6, 6.07) is 5.01. The fourth-order valence-electron chi connectivity index (χ4n) is 1.35. The van der Waals surface area contributed by atoms with Crippen molar-refractivity contribution in [3.05, 3.63) is 18.2 Å². The third-order valence-electron chi connectivity index (χ3n) is 2.33. The molecule has 0 radical (unpaired) electrons. The van der Waals surface area contributed by atoms with E-state index in [1.165, 1.54) is 14.2 Å². The number of esters is 1. The van der Waals surface area contributed by atoms with Gasteiger partial charge >= 0.3 is 5.97 Å². The summed E-state index contributed by atoms with van der Waals surface area (Å²) in [6.45, 7) is 1.33. The molecular weight excluding hydrogens is 250 g/mol. The molecule has 1 aromatic rings. The maximum atomic E-state index is 11.6. The van der Waals surface area contributed by atoms with Gasteiger partial charge in [-0.2, -0.15) is 0 Å². The van der Waals surface area contributed by atoms with Gasteiger partial charge in [-0.25, -0.2) is 0 Å². The predicted octanol–water partition coefficient (Wildman–Crippen LogP) is 1.60. The number of anilines is 1. The molecule has 0 saturated heterocycles. The molecule has 0 fully saturated rings. The molecule has 0 aliphatic rings. The lowest BCUT2D eigenvalue weighted by molar-refractivity contribution is -0.146. The van der Waals surface area contributed by atoms with Crippen LogP contribution in [0.4, 0.5) is 5.69 Å². The van der Waals surface area contributed by atoms with Crippen LogP contribution < -0.4 is 14.8 Å². The summed E-state index contributed by atoms with van der Waals surface area (Å²) in [5.41, 5.74) is 0.458. The molecule has 6 nitrogen and oxygen atoms in total. The van der Waals surface area contributed by atoms with Crippen LogP contribution in [-0.4, -0.2) is 32.7 Å². The Morgan fingerprint density at radius 3 is 2.53 bits per heavy atom. The minimum atomic E-state index is -0.437. The predicted molar refractivity (Wildman–Crippen MR) is 69.4 cm³/mol. The van der Waals surface area contributed by atoms with Crippen LogP contribution in [0.2, 0.25) is 0 Å². The molecule has 1 aromatic carbocycles. The van der Waals surface area contributed by atoms with E-state index in [0.717, 1.165) is 0 Å². The average Bonchev–Trinajstić information content (AvgIpc) is 2.44. The summed E-state index contributed by atoms with van der Waals surface area (Å²) >= 11 is 0. The van der Waals surface area contributed by atoms with Crippen LogP contribution in [0.5, 0.6) is 11.5 Å². The highest BCUT2D eigenvalue weighted by molar-refractivity contribution is 5.94. The molecule has 0 aliphatic carbocycles. The lowest BCUT2D eigenvalue weighted by Gasteiger charge is -2.11. The molecule has 0 heterocycles. The average molecular weight is 267 g/mol. The van der Waals surface area contributed by atoms with Crippen molar-refractivity contribution in [3.63, 3.8) is 0 Å². The number of ether oxygens (including phenoxy) is 3. The first-order chi connectivity index (χ1) is 9.10. The van der Waals surface area contributed by atoms with Gasteiger partial charge in [-0.3, -0.25) is 9.59 Å². The zero-order valence-corrected chi connectivity index (χ0v) is 11.2. The van der Waals surface area contributed by atoms with Crippen molar-refractivity contribution < 1.29 is 23.8 Å². The molecule has 0 spiro atoms. The number of benzene rings is 1. The number of methoxy groups -OCH3 is 2. The van der Waals surface area contributed by atoms with Gasteiger partial charge < -0.3 is 19.5 Å². The van der Waals surface area contributed by atoms with E-state index in [1.54, 1.807) is 25.1 Å². The van der Waals surface area contributed by atoms with Crippen LogP contribution in [0.15, 0.2) is 18.2 Å². The molecule has 0 saturated carbocycles. The zero-order chi connectivity index (χ0) is 14.3. The van der Waals surface area contributed by atoms with Gasteiger partial charge in [0.2, 0.25) is 0 Å². The minimum absolute atomic E-state index is 0.232. The van der Waals surface area contributed by atoms with E-state index in [4.69, 9.17) is 14.2 Å². The second-order valence-electron chi connectivity index (χ2n) is 3.63. The number of rotatable bonds is 6. The number of nitrogens with one attached hydrogen (secondary N) is 1. The molecule has 1 rings (SSSR count). The first-order valence-electron chi connectivity index (χ1n) is 5.78. The standard InChI is InChI=1S/C13H17NO5/c1-4-13(16)19-8-12(15)14-10-7-9(17-2)5-6-11(10)18-3/h5-7H,4,8H2,1-3H3,(H,14,15). The zero-order valence-electron chi connectivity index (χ0n) is 11.2. The van der Waals surface area contributed by atoms with Crippen LogP contribution in [0.3, 0.4) is 0 Å². The van der Waals surface area contributed by atoms with Crippen LogP contribution >= 0.6 is 0 Å². The Labute approximate surface area is 111 Å². The van der Waals surface area contributed by atoms with Crippen LogP contribution in [0, 0.1) is 0 Å². The lowest BCUT2D eigenvalue weighted by atomic mass is 10.2.